The Balaban J connectivity index is 1.91. The Labute approximate surface area is 118 Å². The van der Waals surface area contributed by atoms with Gasteiger partial charge in [0.25, 0.3) is 0 Å². The molecule has 2 aromatic rings. The number of rotatable bonds is 2. The van der Waals surface area contributed by atoms with Gasteiger partial charge in [0.1, 0.15) is 12.7 Å². The zero-order valence-electron chi connectivity index (χ0n) is 12.1. The van der Waals surface area contributed by atoms with E-state index in [1.54, 1.807) is 29.6 Å². The van der Waals surface area contributed by atoms with E-state index in [0.717, 1.165) is 11.2 Å². The molecular weight excluding hydrogens is 255 g/mol. The van der Waals surface area contributed by atoms with Crippen molar-refractivity contribution in [1.29, 1.82) is 0 Å². The SMILES string of the molecule is CC1(C)OB(c2cncc(-n3cnnc3)c2)OC1(C)C. The molecule has 3 rings (SSSR count). The van der Waals surface area contributed by atoms with Crippen LogP contribution in [0, 0.1) is 0 Å². The normalized spacial score (nSPS) is 20.3. The van der Waals surface area contributed by atoms with E-state index < -0.39 is 7.12 Å². The van der Waals surface area contributed by atoms with Gasteiger partial charge in [0.05, 0.1) is 23.1 Å². The van der Waals surface area contributed by atoms with Crippen LogP contribution in [0.3, 0.4) is 0 Å². The van der Waals surface area contributed by atoms with Crippen LogP contribution in [0.25, 0.3) is 5.69 Å². The molecule has 6 nitrogen and oxygen atoms in total. The summed E-state index contributed by atoms with van der Waals surface area (Å²) in [6.45, 7) is 8.13. The van der Waals surface area contributed by atoms with Crippen molar-refractivity contribution in [2.75, 3.05) is 0 Å². The third-order valence-electron chi connectivity index (χ3n) is 3.99. The van der Waals surface area contributed by atoms with Crippen LogP contribution in [0.15, 0.2) is 31.1 Å². The van der Waals surface area contributed by atoms with Crippen molar-refractivity contribution in [3.63, 3.8) is 0 Å². The summed E-state index contributed by atoms with van der Waals surface area (Å²) >= 11 is 0. The average Bonchev–Trinajstić information content (AvgIpc) is 2.97. The summed E-state index contributed by atoms with van der Waals surface area (Å²) in [6, 6.07) is 1.97. The maximum atomic E-state index is 6.02. The van der Waals surface area contributed by atoms with Crippen molar-refractivity contribution in [2.45, 2.75) is 38.9 Å². The van der Waals surface area contributed by atoms with Gasteiger partial charge in [0.2, 0.25) is 0 Å². The molecule has 1 aliphatic heterocycles. The molecule has 0 saturated carbocycles. The van der Waals surface area contributed by atoms with E-state index in [2.05, 4.69) is 15.2 Å². The zero-order valence-corrected chi connectivity index (χ0v) is 12.1. The smallest absolute Gasteiger partial charge is 0.399 e. The molecule has 2 aromatic heterocycles. The van der Waals surface area contributed by atoms with Crippen LogP contribution in [-0.4, -0.2) is 38.1 Å². The fraction of sp³-hybridized carbons (Fsp3) is 0.462. The van der Waals surface area contributed by atoms with E-state index in [1.807, 2.05) is 33.8 Å². The molecule has 104 valence electrons. The van der Waals surface area contributed by atoms with Gasteiger partial charge in [-0.1, -0.05) is 0 Å². The van der Waals surface area contributed by atoms with Gasteiger partial charge >= 0.3 is 7.12 Å². The van der Waals surface area contributed by atoms with E-state index >= 15 is 0 Å². The second-order valence-corrected chi connectivity index (χ2v) is 5.93. The first-order valence-corrected chi connectivity index (χ1v) is 6.55. The highest BCUT2D eigenvalue weighted by Crippen LogP contribution is 2.36. The molecule has 0 radical (unpaired) electrons. The second-order valence-electron chi connectivity index (χ2n) is 5.93. The maximum Gasteiger partial charge on any atom is 0.496 e. The van der Waals surface area contributed by atoms with E-state index in [0.29, 0.717) is 0 Å². The number of pyridine rings is 1. The molecule has 0 aromatic carbocycles. The van der Waals surface area contributed by atoms with E-state index in [-0.39, 0.29) is 11.2 Å². The number of nitrogens with zero attached hydrogens (tertiary/aromatic N) is 4. The van der Waals surface area contributed by atoms with Crippen molar-refractivity contribution in [2.24, 2.45) is 0 Å². The minimum Gasteiger partial charge on any atom is -0.399 e. The fourth-order valence-corrected chi connectivity index (χ4v) is 2.03. The Morgan fingerprint density at radius 1 is 1.00 bits per heavy atom. The summed E-state index contributed by atoms with van der Waals surface area (Å²) in [5.74, 6) is 0. The minimum absolute atomic E-state index is 0.357. The van der Waals surface area contributed by atoms with E-state index in [4.69, 9.17) is 9.31 Å². The molecule has 0 amide bonds. The number of aromatic nitrogens is 4. The third-order valence-corrected chi connectivity index (χ3v) is 3.99. The summed E-state index contributed by atoms with van der Waals surface area (Å²) in [7, 11) is -0.413. The molecule has 0 N–H and O–H groups in total. The Hall–Kier alpha value is -1.73. The lowest BCUT2D eigenvalue weighted by Crippen LogP contribution is -2.41. The molecule has 0 atom stereocenters. The van der Waals surface area contributed by atoms with Gasteiger partial charge < -0.3 is 9.31 Å². The minimum atomic E-state index is -0.413. The summed E-state index contributed by atoms with van der Waals surface area (Å²) in [5, 5.41) is 7.59. The summed E-state index contributed by atoms with van der Waals surface area (Å²) in [4.78, 5) is 4.24. The molecule has 3 heterocycles. The van der Waals surface area contributed by atoms with Gasteiger partial charge in [-0.05, 0) is 33.8 Å². The summed E-state index contributed by atoms with van der Waals surface area (Å²) in [6.07, 6.45) is 6.77. The first-order chi connectivity index (χ1) is 9.39. The molecule has 0 aliphatic carbocycles. The molecule has 7 heteroatoms. The molecule has 1 fully saturated rings. The Bertz CT molecular complexity index is 597. The van der Waals surface area contributed by atoms with Crippen LogP contribution in [0.4, 0.5) is 0 Å². The van der Waals surface area contributed by atoms with Gasteiger partial charge in [0.15, 0.2) is 0 Å². The van der Waals surface area contributed by atoms with Crippen molar-refractivity contribution < 1.29 is 9.31 Å². The van der Waals surface area contributed by atoms with Crippen molar-refractivity contribution in [1.82, 2.24) is 19.7 Å². The first kappa shape index (κ1) is 13.3. The van der Waals surface area contributed by atoms with Gasteiger partial charge in [-0.3, -0.25) is 9.55 Å². The van der Waals surface area contributed by atoms with E-state index in [1.165, 1.54) is 0 Å². The number of hydrogen-bond acceptors (Lipinski definition) is 5. The molecule has 0 unspecified atom stereocenters. The maximum absolute atomic E-state index is 6.02. The summed E-state index contributed by atoms with van der Waals surface area (Å²) in [5.41, 5.74) is 1.05. The monoisotopic (exact) mass is 272 g/mol. The molecule has 0 spiro atoms. The predicted molar refractivity (Wildman–Crippen MR) is 74.9 cm³/mol. The molecular formula is C13H17BN4O2. The molecule has 20 heavy (non-hydrogen) atoms. The van der Waals surface area contributed by atoms with Crippen molar-refractivity contribution >= 4 is 12.6 Å². The predicted octanol–water partition coefficient (Wildman–Crippen LogP) is 0.961. The Morgan fingerprint density at radius 3 is 2.20 bits per heavy atom. The highest BCUT2D eigenvalue weighted by Gasteiger charge is 2.51. The van der Waals surface area contributed by atoms with Gasteiger partial charge in [0, 0.05) is 11.7 Å². The Kier molecular flexibility index (Phi) is 2.91. The average molecular weight is 272 g/mol. The molecule has 1 saturated heterocycles. The standard InChI is InChI=1S/C13H17BN4O2/c1-12(2)13(3,4)20-14(19-12)10-5-11(7-15-6-10)18-8-16-17-9-18/h5-9H,1-4H3. The van der Waals surface area contributed by atoms with Crippen LogP contribution in [0.1, 0.15) is 27.7 Å². The largest absolute Gasteiger partial charge is 0.496 e. The fourth-order valence-electron chi connectivity index (χ4n) is 2.03. The molecule has 1 aliphatic rings. The van der Waals surface area contributed by atoms with Gasteiger partial charge in [-0.25, -0.2) is 0 Å². The Morgan fingerprint density at radius 2 is 1.60 bits per heavy atom. The first-order valence-electron chi connectivity index (χ1n) is 6.55. The van der Waals surface area contributed by atoms with Crippen LogP contribution < -0.4 is 5.46 Å². The van der Waals surface area contributed by atoms with Crippen molar-refractivity contribution in [3.05, 3.63) is 31.1 Å². The van der Waals surface area contributed by atoms with Gasteiger partial charge in [-0.2, -0.15) is 0 Å². The second kappa shape index (κ2) is 4.39. The van der Waals surface area contributed by atoms with Crippen molar-refractivity contribution in [3.8, 4) is 5.69 Å². The van der Waals surface area contributed by atoms with Crippen LogP contribution in [0.2, 0.25) is 0 Å². The highest BCUT2D eigenvalue weighted by molar-refractivity contribution is 6.62. The van der Waals surface area contributed by atoms with Crippen LogP contribution in [-0.2, 0) is 9.31 Å². The quantitative estimate of drug-likeness (QED) is 0.762. The lowest BCUT2D eigenvalue weighted by atomic mass is 9.80. The van der Waals surface area contributed by atoms with Gasteiger partial charge in [-0.15, -0.1) is 10.2 Å². The summed E-state index contributed by atoms with van der Waals surface area (Å²) < 4.78 is 13.8. The highest BCUT2D eigenvalue weighted by atomic mass is 16.7. The lowest BCUT2D eigenvalue weighted by Gasteiger charge is -2.32. The van der Waals surface area contributed by atoms with Crippen LogP contribution >= 0.6 is 0 Å². The number of hydrogen-bond donors (Lipinski definition) is 0. The lowest BCUT2D eigenvalue weighted by molar-refractivity contribution is 0.00578. The van der Waals surface area contributed by atoms with E-state index in [9.17, 15) is 0 Å². The zero-order chi connectivity index (χ0) is 14.4. The third kappa shape index (κ3) is 2.12. The topological polar surface area (TPSA) is 62.1 Å². The molecule has 0 bridgehead atoms. The van der Waals surface area contributed by atoms with Crippen LogP contribution in [0.5, 0.6) is 0 Å².